The third-order valence-corrected chi connectivity index (χ3v) is 3.72. The first-order valence-electron chi connectivity index (χ1n) is 6.61. The molecule has 0 saturated carbocycles. The molecule has 0 amide bonds. The van der Waals surface area contributed by atoms with Crippen LogP contribution in [-0.4, -0.2) is 29.8 Å². The van der Waals surface area contributed by atoms with E-state index in [-0.39, 0.29) is 17.6 Å². The van der Waals surface area contributed by atoms with Crippen molar-refractivity contribution in [2.45, 2.75) is 57.9 Å². The zero-order valence-corrected chi connectivity index (χ0v) is 12.6. The molecule has 0 heterocycles. The first-order chi connectivity index (χ1) is 8.76. The molecule has 0 aliphatic heterocycles. The predicted octanol–water partition coefficient (Wildman–Crippen LogP) is 4.43. The van der Waals surface area contributed by atoms with E-state index in [0.29, 0.717) is 31.1 Å². The molecule has 19 heavy (non-hydrogen) atoms. The number of hydrogen-bond acceptors (Lipinski definition) is 3. The molecule has 0 rings (SSSR count). The van der Waals surface area contributed by atoms with Crippen molar-refractivity contribution in [3.8, 4) is 0 Å². The van der Waals surface area contributed by atoms with Crippen LogP contribution in [-0.2, 0) is 9.53 Å². The molecule has 0 aromatic carbocycles. The van der Waals surface area contributed by atoms with Crippen molar-refractivity contribution in [2.75, 3.05) is 12.4 Å². The van der Waals surface area contributed by atoms with Crippen molar-refractivity contribution in [1.82, 2.24) is 0 Å². The minimum Gasteiger partial charge on any atom is -0.465 e. The largest absolute Gasteiger partial charge is 0.465 e. The number of halogens is 3. The van der Waals surface area contributed by atoms with Crippen molar-refractivity contribution >= 4 is 17.7 Å². The first kappa shape index (κ1) is 18.6. The van der Waals surface area contributed by atoms with E-state index in [0.717, 1.165) is 0 Å². The minimum absolute atomic E-state index is 0.119. The van der Waals surface area contributed by atoms with Gasteiger partial charge in [-0.15, -0.1) is 11.8 Å². The maximum atomic E-state index is 12.0. The summed E-state index contributed by atoms with van der Waals surface area (Å²) in [6.07, 6.45) is -3.54. The Balaban J connectivity index is 3.96. The fraction of sp³-hybridized carbons (Fsp3) is 0.923. The number of thioether (sulfide) groups is 1. The SMILES string of the molecule is CCOC(=O)C(CC(C)C)SCCCCC(F)(F)F. The Labute approximate surface area is 117 Å². The average molecular weight is 300 g/mol. The van der Waals surface area contributed by atoms with Crippen molar-refractivity contribution in [1.29, 1.82) is 0 Å². The predicted molar refractivity (Wildman–Crippen MR) is 72.2 cm³/mol. The number of rotatable bonds is 9. The summed E-state index contributed by atoms with van der Waals surface area (Å²) in [6.45, 7) is 6.10. The zero-order valence-electron chi connectivity index (χ0n) is 11.8. The molecule has 0 aromatic heterocycles. The smallest absolute Gasteiger partial charge is 0.389 e. The van der Waals surface area contributed by atoms with E-state index < -0.39 is 12.6 Å². The van der Waals surface area contributed by atoms with Crippen LogP contribution in [0.2, 0.25) is 0 Å². The van der Waals surface area contributed by atoms with E-state index in [9.17, 15) is 18.0 Å². The maximum absolute atomic E-state index is 12.0. The molecule has 0 aromatic rings. The third kappa shape index (κ3) is 11.2. The van der Waals surface area contributed by atoms with Gasteiger partial charge in [-0.2, -0.15) is 13.2 Å². The summed E-state index contributed by atoms with van der Waals surface area (Å²) >= 11 is 1.41. The molecule has 0 spiro atoms. The van der Waals surface area contributed by atoms with Gasteiger partial charge in [0, 0.05) is 6.42 Å². The van der Waals surface area contributed by atoms with Crippen molar-refractivity contribution in [2.24, 2.45) is 5.92 Å². The molecule has 0 radical (unpaired) electrons. The van der Waals surface area contributed by atoms with Gasteiger partial charge in [0.05, 0.1) is 6.61 Å². The van der Waals surface area contributed by atoms with E-state index in [1.165, 1.54) is 11.8 Å². The average Bonchev–Trinajstić information content (AvgIpc) is 2.25. The summed E-state index contributed by atoms with van der Waals surface area (Å²) in [5.74, 6) is 0.667. The Bertz CT molecular complexity index is 255. The molecule has 0 bridgehead atoms. The van der Waals surface area contributed by atoms with Crippen LogP contribution >= 0.6 is 11.8 Å². The number of carbonyl (C=O) groups is 1. The standard InChI is InChI=1S/C13H23F3O2S/c1-4-18-12(17)11(9-10(2)3)19-8-6-5-7-13(14,15)16/h10-11H,4-9H2,1-3H3. The Morgan fingerprint density at radius 1 is 1.26 bits per heavy atom. The summed E-state index contributed by atoms with van der Waals surface area (Å²) in [5.41, 5.74) is 0. The Morgan fingerprint density at radius 2 is 1.89 bits per heavy atom. The van der Waals surface area contributed by atoms with Crippen LogP contribution in [0.3, 0.4) is 0 Å². The second-order valence-corrected chi connectivity index (χ2v) is 6.12. The quantitative estimate of drug-likeness (QED) is 0.465. The second-order valence-electron chi connectivity index (χ2n) is 4.81. The van der Waals surface area contributed by atoms with Crippen LogP contribution in [0, 0.1) is 5.92 Å². The molecule has 6 heteroatoms. The van der Waals surface area contributed by atoms with E-state index in [1.807, 2.05) is 13.8 Å². The van der Waals surface area contributed by atoms with Gasteiger partial charge < -0.3 is 4.74 Å². The number of hydrogen-bond donors (Lipinski definition) is 0. The third-order valence-electron chi connectivity index (χ3n) is 2.41. The van der Waals surface area contributed by atoms with Crippen LogP contribution < -0.4 is 0 Å². The Kier molecular flexibility index (Phi) is 9.31. The highest BCUT2D eigenvalue weighted by Crippen LogP contribution is 2.25. The lowest BCUT2D eigenvalue weighted by Crippen LogP contribution is -2.22. The van der Waals surface area contributed by atoms with Gasteiger partial charge in [0.2, 0.25) is 0 Å². The van der Waals surface area contributed by atoms with Gasteiger partial charge in [-0.25, -0.2) is 0 Å². The zero-order chi connectivity index (χ0) is 14.9. The number of unbranched alkanes of at least 4 members (excludes halogenated alkanes) is 1. The lowest BCUT2D eigenvalue weighted by Gasteiger charge is -2.17. The number of alkyl halides is 3. The van der Waals surface area contributed by atoms with Gasteiger partial charge in [0.25, 0.3) is 0 Å². The summed E-state index contributed by atoms with van der Waals surface area (Å²) < 4.78 is 40.9. The lowest BCUT2D eigenvalue weighted by atomic mass is 10.1. The highest BCUT2D eigenvalue weighted by Gasteiger charge is 2.26. The number of ether oxygens (including phenoxy) is 1. The Morgan fingerprint density at radius 3 is 2.37 bits per heavy atom. The van der Waals surface area contributed by atoms with Gasteiger partial charge in [-0.1, -0.05) is 13.8 Å². The minimum atomic E-state index is -4.08. The van der Waals surface area contributed by atoms with Crippen molar-refractivity contribution in [3.05, 3.63) is 0 Å². The topological polar surface area (TPSA) is 26.3 Å². The van der Waals surface area contributed by atoms with Crippen LogP contribution in [0.15, 0.2) is 0 Å². The summed E-state index contributed by atoms with van der Waals surface area (Å²) in [7, 11) is 0. The summed E-state index contributed by atoms with van der Waals surface area (Å²) in [5, 5.41) is -0.258. The van der Waals surface area contributed by atoms with Gasteiger partial charge in [-0.3, -0.25) is 4.79 Å². The summed E-state index contributed by atoms with van der Waals surface area (Å²) in [6, 6.07) is 0. The normalized spacial score (nSPS) is 13.6. The maximum Gasteiger partial charge on any atom is 0.389 e. The molecule has 114 valence electrons. The Hall–Kier alpha value is -0.390. The molecular weight excluding hydrogens is 277 g/mol. The molecule has 1 atom stereocenters. The van der Waals surface area contributed by atoms with E-state index in [2.05, 4.69) is 0 Å². The molecule has 1 unspecified atom stereocenters. The van der Waals surface area contributed by atoms with Crippen LogP contribution in [0.5, 0.6) is 0 Å². The first-order valence-corrected chi connectivity index (χ1v) is 7.66. The fourth-order valence-electron chi connectivity index (χ4n) is 1.55. The van der Waals surface area contributed by atoms with Crippen molar-refractivity contribution in [3.63, 3.8) is 0 Å². The fourth-order valence-corrected chi connectivity index (χ4v) is 2.93. The highest BCUT2D eigenvalue weighted by atomic mass is 32.2. The second kappa shape index (κ2) is 9.50. The monoisotopic (exact) mass is 300 g/mol. The van der Waals surface area contributed by atoms with Crippen LogP contribution in [0.1, 0.15) is 46.5 Å². The van der Waals surface area contributed by atoms with Gasteiger partial charge in [0.15, 0.2) is 0 Å². The van der Waals surface area contributed by atoms with Crippen LogP contribution in [0.25, 0.3) is 0 Å². The van der Waals surface area contributed by atoms with E-state index in [4.69, 9.17) is 4.74 Å². The molecule has 2 nitrogen and oxygen atoms in total. The molecular formula is C13H23F3O2S. The van der Waals surface area contributed by atoms with Gasteiger partial charge in [0.1, 0.15) is 5.25 Å². The lowest BCUT2D eigenvalue weighted by molar-refractivity contribution is -0.142. The molecule has 0 saturated heterocycles. The van der Waals surface area contributed by atoms with E-state index >= 15 is 0 Å². The number of carbonyl (C=O) groups excluding carboxylic acids is 1. The number of esters is 1. The van der Waals surface area contributed by atoms with Gasteiger partial charge in [-0.05, 0) is 37.9 Å². The molecule has 0 fully saturated rings. The molecule has 0 N–H and O–H groups in total. The molecule has 0 aliphatic rings. The molecule has 0 aliphatic carbocycles. The van der Waals surface area contributed by atoms with Crippen molar-refractivity contribution < 1.29 is 22.7 Å². The van der Waals surface area contributed by atoms with E-state index in [1.54, 1.807) is 6.92 Å². The van der Waals surface area contributed by atoms with Crippen LogP contribution in [0.4, 0.5) is 13.2 Å². The summed E-state index contributed by atoms with van der Waals surface area (Å²) in [4.78, 5) is 11.7. The van der Waals surface area contributed by atoms with Gasteiger partial charge >= 0.3 is 12.1 Å². The highest BCUT2D eigenvalue weighted by molar-refractivity contribution is 8.00.